The number of nitrogens with zero attached hydrogens (tertiary/aromatic N) is 2. The molecule has 0 saturated carbocycles. The van der Waals surface area contributed by atoms with Gasteiger partial charge in [-0.3, -0.25) is 0 Å². The van der Waals surface area contributed by atoms with E-state index >= 15 is 0 Å². The van der Waals surface area contributed by atoms with Crippen LogP contribution in [0.5, 0.6) is 11.5 Å². The summed E-state index contributed by atoms with van der Waals surface area (Å²) in [7, 11) is 0. The molecule has 0 spiro atoms. The first-order chi connectivity index (χ1) is 17.1. The minimum absolute atomic E-state index is 0.462. The molecule has 0 fully saturated rings. The summed E-state index contributed by atoms with van der Waals surface area (Å²) in [6, 6.07) is 31.5. The second-order valence-electron chi connectivity index (χ2n) is 7.81. The van der Waals surface area contributed by atoms with Crippen LogP contribution in [0.3, 0.4) is 0 Å². The zero-order valence-electron chi connectivity index (χ0n) is 18.6. The minimum atomic E-state index is 0.462. The van der Waals surface area contributed by atoms with E-state index in [2.05, 4.69) is 0 Å². The van der Waals surface area contributed by atoms with Gasteiger partial charge in [0.05, 0.1) is 15.7 Å². The van der Waals surface area contributed by atoms with Gasteiger partial charge in [0.25, 0.3) is 0 Å². The zero-order chi connectivity index (χ0) is 24.0. The molecule has 4 nitrogen and oxygen atoms in total. The van der Waals surface area contributed by atoms with Crippen molar-refractivity contribution in [2.45, 2.75) is 13.2 Å². The summed E-state index contributed by atoms with van der Waals surface area (Å²) in [5, 5.41) is 8.36. The topological polar surface area (TPSA) is 34.1 Å². The van der Waals surface area contributed by atoms with Gasteiger partial charge in [-0.2, -0.15) is 5.10 Å². The van der Waals surface area contributed by atoms with E-state index in [4.69, 9.17) is 37.8 Å². The van der Waals surface area contributed by atoms with Crippen molar-refractivity contribution in [3.05, 3.63) is 130 Å². The van der Waals surface area contributed by atoms with Gasteiger partial charge in [-0.25, -0.2) is 5.01 Å². The molecule has 1 aliphatic rings. The summed E-state index contributed by atoms with van der Waals surface area (Å²) in [6.45, 7) is 0.924. The Labute approximate surface area is 219 Å². The van der Waals surface area contributed by atoms with E-state index in [0.29, 0.717) is 34.8 Å². The van der Waals surface area contributed by atoms with Crippen LogP contribution >= 0.6 is 35.0 Å². The lowest BCUT2D eigenvalue weighted by Crippen LogP contribution is -2.06. The number of benzene rings is 4. The Bertz CT molecular complexity index is 1270. The summed E-state index contributed by atoms with van der Waals surface area (Å²) in [5.74, 6) is 3.35. The molecule has 5 rings (SSSR count). The number of rotatable bonds is 8. The number of hydrogen-bond donors (Lipinski definition) is 0. The lowest BCUT2D eigenvalue weighted by atomic mass is 10.2. The first-order valence-electron chi connectivity index (χ1n) is 11.0. The average Bonchev–Trinajstić information content (AvgIpc) is 3.40. The van der Waals surface area contributed by atoms with Gasteiger partial charge in [-0.15, -0.1) is 0 Å². The third kappa shape index (κ3) is 6.12. The van der Waals surface area contributed by atoms with E-state index in [9.17, 15) is 0 Å². The van der Waals surface area contributed by atoms with Crippen LogP contribution in [0.1, 0.15) is 16.7 Å². The van der Waals surface area contributed by atoms with Crippen molar-refractivity contribution in [3.63, 3.8) is 0 Å². The molecule has 0 atom stereocenters. The minimum Gasteiger partial charge on any atom is -0.489 e. The van der Waals surface area contributed by atoms with Gasteiger partial charge in [0.1, 0.15) is 35.6 Å². The monoisotopic (exact) mass is 519 g/mol. The maximum atomic E-state index is 6.20. The van der Waals surface area contributed by atoms with E-state index in [1.165, 1.54) is 11.8 Å². The highest BCUT2D eigenvalue weighted by Crippen LogP contribution is 2.36. The van der Waals surface area contributed by atoms with Gasteiger partial charge in [-0.1, -0.05) is 95.6 Å². The highest BCUT2D eigenvalue weighted by molar-refractivity contribution is 8.16. The summed E-state index contributed by atoms with van der Waals surface area (Å²) >= 11 is 13.8. The van der Waals surface area contributed by atoms with Crippen molar-refractivity contribution in [2.75, 3.05) is 5.01 Å². The quantitative estimate of drug-likeness (QED) is 0.235. The Balaban J connectivity index is 1.40. The van der Waals surface area contributed by atoms with E-state index in [-0.39, 0.29) is 0 Å². The molecule has 1 aliphatic heterocycles. The molecule has 0 unspecified atom stereocenters. The van der Waals surface area contributed by atoms with E-state index in [1.54, 1.807) is 17.1 Å². The smallest absolute Gasteiger partial charge is 0.136 e. The Hall–Kier alpha value is -3.12. The van der Waals surface area contributed by atoms with Gasteiger partial charge < -0.3 is 9.47 Å². The predicted octanol–water partition coefficient (Wildman–Crippen LogP) is 8.19. The molecule has 1 radical (unpaired) electrons. The predicted molar refractivity (Wildman–Crippen MR) is 145 cm³/mol. The molecule has 7 heteroatoms. The fraction of sp³-hybridized carbons (Fsp3) is 0.0714. The van der Waals surface area contributed by atoms with Crippen molar-refractivity contribution in [2.24, 2.45) is 5.10 Å². The molecule has 35 heavy (non-hydrogen) atoms. The molecule has 1 heterocycles. The fourth-order valence-corrected chi connectivity index (χ4v) is 4.51. The van der Waals surface area contributed by atoms with Crippen LogP contribution in [-0.4, -0.2) is 5.04 Å². The second kappa shape index (κ2) is 11.1. The van der Waals surface area contributed by atoms with E-state index in [1.807, 2.05) is 90.8 Å². The average molecular weight is 520 g/mol. The highest BCUT2D eigenvalue weighted by atomic mass is 35.5. The number of thioether (sulfide) groups is 1. The van der Waals surface area contributed by atoms with Crippen LogP contribution in [0.4, 0.5) is 5.69 Å². The van der Waals surface area contributed by atoms with Crippen molar-refractivity contribution in [3.8, 4) is 11.5 Å². The Morgan fingerprint density at radius 2 is 1.29 bits per heavy atom. The molecular weight excluding hydrogens is 499 g/mol. The molecule has 0 saturated heterocycles. The summed E-state index contributed by atoms with van der Waals surface area (Å²) < 4.78 is 12.3. The number of anilines is 1. The van der Waals surface area contributed by atoms with Crippen molar-refractivity contribution >= 4 is 45.7 Å². The molecule has 0 aliphatic carbocycles. The van der Waals surface area contributed by atoms with Gasteiger partial charge in [-0.05, 0) is 41.5 Å². The standard InChI is InChI=1S/C28H21Cl2N2O2S/c29-26-12-11-23(15-27(26)30)32-19-35-28(31-32)22-13-24(33-17-20-7-3-1-4-8-20)16-25(14-22)34-18-21-9-5-2-6-10-21/h1-16,19H,17-18H2. The van der Waals surface area contributed by atoms with Crippen LogP contribution in [-0.2, 0) is 13.2 Å². The third-order valence-electron chi connectivity index (χ3n) is 5.25. The van der Waals surface area contributed by atoms with Crippen molar-refractivity contribution < 1.29 is 9.47 Å². The van der Waals surface area contributed by atoms with Crippen LogP contribution < -0.4 is 14.5 Å². The molecule has 0 aromatic heterocycles. The first-order valence-corrected chi connectivity index (χ1v) is 12.6. The largest absolute Gasteiger partial charge is 0.489 e. The maximum absolute atomic E-state index is 6.20. The van der Waals surface area contributed by atoms with Crippen LogP contribution in [0.2, 0.25) is 10.0 Å². The number of halogens is 2. The number of hydrazone groups is 1. The maximum Gasteiger partial charge on any atom is 0.136 e. The van der Waals surface area contributed by atoms with Gasteiger partial charge >= 0.3 is 0 Å². The molecule has 0 amide bonds. The normalized spacial score (nSPS) is 13.0. The molecule has 0 bridgehead atoms. The molecular formula is C28H21Cl2N2O2S. The van der Waals surface area contributed by atoms with Crippen molar-refractivity contribution in [1.82, 2.24) is 0 Å². The fourth-order valence-electron chi connectivity index (χ4n) is 3.46. The Morgan fingerprint density at radius 3 is 1.86 bits per heavy atom. The van der Waals surface area contributed by atoms with E-state index < -0.39 is 0 Å². The SMILES string of the molecule is Clc1ccc(N2[CH]SC(c3cc(OCc4ccccc4)cc(OCc4ccccc4)c3)=N2)cc1Cl. The van der Waals surface area contributed by atoms with E-state index in [0.717, 1.165) is 27.4 Å². The van der Waals surface area contributed by atoms with Gasteiger partial charge in [0.15, 0.2) is 0 Å². The van der Waals surface area contributed by atoms with Gasteiger partial charge in [0, 0.05) is 11.6 Å². The molecule has 4 aromatic rings. The highest BCUT2D eigenvalue weighted by Gasteiger charge is 2.21. The van der Waals surface area contributed by atoms with Crippen molar-refractivity contribution in [1.29, 1.82) is 0 Å². The van der Waals surface area contributed by atoms with Crippen LogP contribution in [0, 0.1) is 5.88 Å². The summed E-state index contributed by atoms with van der Waals surface area (Å²) in [6.07, 6.45) is 0. The summed E-state index contributed by atoms with van der Waals surface area (Å²) in [5.41, 5.74) is 3.93. The van der Waals surface area contributed by atoms with Crippen LogP contribution in [0.15, 0.2) is 102 Å². The zero-order valence-corrected chi connectivity index (χ0v) is 20.9. The Kier molecular flexibility index (Phi) is 7.48. The molecule has 4 aromatic carbocycles. The molecule has 175 valence electrons. The lowest BCUT2D eigenvalue weighted by Gasteiger charge is -2.13. The molecule has 0 N–H and O–H groups in total. The number of ether oxygens (including phenoxy) is 2. The third-order valence-corrected chi connectivity index (χ3v) is 6.84. The first kappa shape index (κ1) is 23.6. The number of hydrogen-bond acceptors (Lipinski definition) is 5. The Morgan fingerprint density at radius 1 is 0.686 bits per heavy atom. The summed E-state index contributed by atoms with van der Waals surface area (Å²) in [4.78, 5) is 0. The lowest BCUT2D eigenvalue weighted by molar-refractivity contribution is 0.290. The van der Waals surface area contributed by atoms with Gasteiger partial charge in [0.2, 0.25) is 0 Å². The van der Waals surface area contributed by atoms with Crippen LogP contribution in [0.25, 0.3) is 0 Å². The second-order valence-corrected chi connectivity index (χ2v) is 9.46.